The number of carboxylic acids is 1. The molecule has 0 bridgehead atoms. The number of alkyl halides is 3. The molecule has 41 heavy (non-hydrogen) atoms. The topological polar surface area (TPSA) is 88.1 Å². The molecule has 10 heteroatoms. The Kier molecular flexibility index (Phi) is 9.33. The number of hydrogen-bond acceptors (Lipinski definition) is 5. The zero-order chi connectivity index (χ0) is 29.9. The van der Waals surface area contributed by atoms with Gasteiger partial charge in [0.2, 0.25) is 5.91 Å². The molecule has 4 rings (SSSR count). The van der Waals surface area contributed by atoms with Crippen molar-refractivity contribution in [2.24, 2.45) is 11.8 Å². The van der Waals surface area contributed by atoms with Gasteiger partial charge in [0.15, 0.2) is 0 Å². The first-order valence-corrected chi connectivity index (χ1v) is 14.0. The van der Waals surface area contributed by atoms with Crippen LogP contribution in [-0.2, 0) is 27.0 Å². The van der Waals surface area contributed by atoms with E-state index in [0.29, 0.717) is 18.4 Å². The number of ether oxygens (including phenoxy) is 2. The number of nitrogens with zero attached hydrogens (tertiary/aromatic N) is 1. The maximum absolute atomic E-state index is 14.2. The molecule has 1 saturated heterocycles. The van der Waals surface area contributed by atoms with Crippen LogP contribution in [0.25, 0.3) is 0 Å². The summed E-state index contributed by atoms with van der Waals surface area (Å²) in [6.07, 6.45) is -0.219. The van der Waals surface area contributed by atoms with E-state index in [0.717, 1.165) is 37.0 Å². The third kappa shape index (κ3) is 6.38. The van der Waals surface area contributed by atoms with E-state index in [9.17, 15) is 27.9 Å². The lowest BCUT2D eigenvalue weighted by molar-refractivity contribution is -0.156. The Balaban J connectivity index is 1.80. The Morgan fingerprint density at radius 2 is 1.68 bits per heavy atom. The molecule has 2 aromatic carbocycles. The minimum Gasteiger partial charge on any atom is -0.496 e. The highest BCUT2D eigenvalue weighted by Crippen LogP contribution is 2.48. The average molecular weight is 577 g/mol. The highest BCUT2D eigenvalue weighted by Gasteiger charge is 2.59. The fraction of sp³-hybridized carbons (Fsp3) is 0.548. The first kappa shape index (κ1) is 30.8. The van der Waals surface area contributed by atoms with E-state index in [2.05, 4.69) is 5.32 Å². The predicted molar refractivity (Wildman–Crippen MR) is 147 cm³/mol. The molecule has 2 aromatic rings. The fourth-order valence-electron chi connectivity index (χ4n) is 6.52. The molecule has 1 heterocycles. The minimum absolute atomic E-state index is 0.0639. The lowest BCUT2D eigenvalue weighted by atomic mass is 9.79. The number of carbonyl (C=O) groups is 2. The van der Waals surface area contributed by atoms with E-state index >= 15 is 0 Å². The number of aliphatic carboxylic acids is 1. The van der Waals surface area contributed by atoms with E-state index in [1.54, 1.807) is 18.7 Å². The molecule has 1 amide bonds. The second-order valence-electron chi connectivity index (χ2n) is 11.5. The van der Waals surface area contributed by atoms with Gasteiger partial charge in [0.05, 0.1) is 24.3 Å². The number of carbonyl (C=O) groups excluding carboxylic acids is 1. The first-order chi connectivity index (χ1) is 19.4. The number of likely N-dealkylation sites (tertiary alicyclic amines) is 1. The summed E-state index contributed by atoms with van der Waals surface area (Å²) in [5.74, 6) is -2.20. The molecule has 0 spiro atoms. The van der Waals surface area contributed by atoms with Crippen LogP contribution in [0.3, 0.4) is 0 Å². The van der Waals surface area contributed by atoms with Gasteiger partial charge in [0.25, 0.3) is 0 Å². The van der Waals surface area contributed by atoms with Crippen LogP contribution in [0.15, 0.2) is 48.5 Å². The molecule has 224 valence electrons. The van der Waals surface area contributed by atoms with Crippen LogP contribution in [0.2, 0.25) is 0 Å². The van der Waals surface area contributed by atoms with Gasteiger partial charge in [-0.2, -0.15) is 13.2 Å². The van der Waals surface area contributed by atoms with E-state index < -0.39 is 47.4 Å². The summed E-state index contributed by atoms with van der Waals surface area (Å²) < 4.78 is 51.2. The molecular formula is C31H39F3N2O5. The lowest BCUT2D eigenvalue weighted by Crippen LogP contribution is -2.53. The van der Waals surface area contributed by atoms with Crippen molar-refractivity contribution in [3.63, 3.8) is 0 Å². The van der Waals surface area contributed by atoms with Crippen LogP contribution in [0.5, 0.6) is 5.75 Å². The molecule has 2 N–H and O–H groups in total. The van der Waals surface area contributed by atoms with E-state index in [1.165, 1.54) is 20.3 Å². The summed E-state index contributed by atoms with van der Waals surface area (Å²) >= 11 is 0. The van der Waals surface area contributed by atoms with Crippen LogP contribution >= 0.6 is 0 Å². The Labute approximate surface area is 239 Å². The molecular weight excluding hydrogens is 537 g/mol. The van der Waals surface area contributed by atoms with Crippen molar-refractivity contribution in [1.29, 1.82) is 0 Å². The Morgan fingerprint density at radius 3 is 2.24 bits per heavy atom. The summed E-state index contributed by atoms with van der Waals surface area (Å²) in [6, 6.07) is 10.2. The quantitative estimate of drug-likeness (QED) is 0.391. The zero-order valence-corrected chi connectivity index (χ0v) is 23.9. The predicted octanol–water partition coefficient (Wildman–Crippen LogP) is 5.83. The van der Waals surface area contributed by atoms with Crippen LogP contribution in [0.1, 0.15) is 68.7 Å². The van der Waals surface area contributed by atoms with Crippen molar-refractivity contribution >= 4 is 11.9 Å². The van der Waals surface area contributed by atoms with Gasteiger partial charge < -0.3 is 24.8 Å². The molecule has 2 aliphatic rings. The summed E-state index contributed by atoms with van der Waals surface area (Å²) in [4.78, 5) is 28.7. The number of rotatable bonds is 9. The molecule has 1 saturated carbocycles. The minimum atomic E-state index is -4.52. The molecule has 0 radical (unpaired) electrons. The number of nitrogens with one attached hydrogen (secondary N) is 1. The summed E-state index contributed by atoms with van der Waals surface area (Å²) in [5, 5.41) is 14.1. The van der Waals surface area contributed by atoms with Gasteiger partial charge in [-0.3, -0.25) is 4.79 Å². The first-order valence-electron chi connectivity index (χ1n) is 14.0. The van der Waals surface area contributed by atoms with E-state index in [4.69, 9.17) is 9.47 Å². The van der Waals surface area contributed by atoms with Gasteiger partial charge in [-0.25, -0.2) is 4.79 Å². The number of hydrogen-bond donors (Lipinski definition) is 2. The molecule has 7 nitrogen and oxygen atoms in total. The maximum atomic E-state index is 14.2. The van der Waals surface area contributed by atoms with Crippen LogP contribution < -0.4 is 10.1 Å². The Morgan fingerprint density at radius 1 is 1.02 bits per heavy atom. The molecule has 1 aliphatic carbocycles. The molecule has 4 atom stereocenters. The van der Waals surface area contributed by atoms with Gasteiger partial charge in [-0.1, -0.05) is 55.7 Å². The highest BCUT2D eigenvalue weighted by atomic mass is 19.4. The van der Waals surface area contributed by atoms with Gasteiger partial charge in [-0.05, 0) is 44.4 Å². The molecule has 4 unspecified atom stereocenters. The third-order valence-corrected chi connectivity index (χ3v) is 8.74. The molecule has 1 aliphatic heterocycles. The lowest BCUT2D eigenvalue weighted by Gasteiger charge is -2.37. The Bertz CT molecular complexity index is 1210. The smallest absolute Gasteiger partial charge is 0.416 e. The van der Waals surface area contributed by atoms with Gasteiger partial charge >= 0.3 is 12.1 Å². The zero-order valence-electron chi connectivity index (χ0n) is 23.9. The number of methoxy groups -OCH3 is 2. The SMILES string of the molecule is COc1cc(C(F)(F)F)ccc1CNC1C(c2ccccc2)N(C(=O)C2CCCCC2)C(C(=O)O)C1C(C)(C)OC. The number of amides is 1. The van der Waals surface area contributed by atoms with Gasteiger partial charge in [-0.15, -0.1) is 0 Å². The van der Waals surface area contributed by atoms with Crippen LogP contribution in [-0.4, -0.2) is 53.8 Å². The van der Waals surface area contributed by atoms with Crippen molar-refractivity contribution in [3.05, 3.63) is 65.2 Å². The normalized spacial score (nSPS) is 23.9. The second kappa shape index (κ2) is 12.4. The van der Waals surface area contributed by atoms with Crippen molar-refractivity contribution in [2.45, 2.75) is 82.4 Å². The van der Waals surface area contributed by atoms with Gasteiger partial charge in [0, 0.05) is 37.1 Å². The van der Waals surface area contributed by atoms with Crippen molar-refractivity contribution in [3.8, 4) is 5.75 Å². The highest BCUT2D eigenvalue weighted by molar-refractivity contribution is 5.87. The van der Waals surface area contributed by atoms with Gasteiger partial charge in [0.1, 0.15) is 11.8 Å². The number of carboxylic acid groups (broad SMARTS) is 1. The monoisotopic (exact) mass is 576 g/mol. The Hall–Kier alpha value is -3.11. The molecule has 2 fully saturated rings. The summed E-state index contributed by atoms with van der Waals surface area (Å²) in [7, 11) is 2.82. The van der Waals surface area contributed by atoms with E-state index in [1.807, 2.05) is 30.3 Å². The maximum Gasteiger partial charge on any atom is 0.416 e. The van der Waals surface area contributed by atoms with Crippen molar-refractivity contribution in [1.82, 2.24) is 10.2 Å². The van der Waals surface area contributed by atoms with E-state index in [-0.39, 0.29) is 24.1 Å². The van der Waals surface area contributed by atoms with Crippen LogP contribution in [0.4, 0.5) is 13.2 Å². The summed E-state index contributed by atoms with van der Waals surface area (Å²) in [6.45, 7) is 3.69. The standard InChI is InChI=1S/C31H39F3N2O5/c1-30(2,41-4)24-25(35-18-21-15-16-22(31(32,33)34)17-23(21)40-3)26(19-11-7-5-8-12-19)36(27(24)29(38)39)28(37)20-13-9-6-10-14-20/h5,7-8,11-12,15-17,20,24-27,35H,6,9-10,13-14,18H2,1-4H3,(H,38,39). The van der Waals surface area contributed by atoms with Crippen LogP contribution in [0, 0.1) is 11.8 Å². The second-order valence-corrected chi connectivity index (χ2v) is 11.5. The fourth-order valence-corrected chi connectivity index (χ4v) is 6.52. The number of halogens is 3. The number of benzene rings is 2. The van der Waals surface area contributed by atoms with Crippen molar-refractivity contribution < 1.29 is 37.3 Å². The van der Waals surface area contributed by atoms with Crippen molar-refractivity contribution in [2.75, 3.05) is 14.2 Å². The average Bonchev–Trinajstić information content (AvgIpc) is 3.32. The largest absolute Gasteiger partial charge is 0.496 e. The summed E-state index contributed by atoms with van der Waals surface area (Å²) in [5.41, 5.74) is -0.548. The third-order valence-electron chi connectivity index (χ3n) is 8.74. The molecule has 0 aromatic heterocycles.